The molecule has 0 fully saturated rings. The third-order valence-electron chi connectivity index (χ3n) is 2.38. The van der Waals surface area contributed by atoms with Gasteiger partial charge in [0.15, 0.2) is 0 Å². The van der Waals surface area contributed by atoms with E-state index in [1.165, 1.54) is 13.0 Å². The highest BCUT2D eigenvalue weighted by Crippen LogP contribution is 2.35. The van der Waals surface area contributed by atoms with Gasteiger partial charge in [-0.05, 0) is 35.0 Å². The monoisotopic (exact) mass is 414 g/mol. The van der Waals surface area contributed by atoms with Crippen LogP contribution >= 0.6 is 31.9 Å². The number of aromatic nitrogens is 2. The van der Waals surface area contributed by atoms with E-state index in [4.69, 9.17) is 0 Å². The Balaban J connectivity index is 2.82. The SMILES string of the molecule is CCOC(=O)n1c(C(F)(F)F)nc2c(Br)cc(Br)cc21. The Hall–Kier alpha value is -1.09. The number of carbonyl (C=O) groups excluding carboxylic acids is 1. The average molecular weight is 416 g/mol. The van der Waals surface area contributed by atoms with Crippen LogP contribution in [0.4, 0.5) is 18.0 Å². The Morgan fingerprint density at radius 3 is 2.60 bits per heavy atom. The molecule has 0 spiro atoms. The van der Waals surface area contributed by atoms with E-state index in [1.807, 2.05) is 0 Å². The molecule has 0 saturated heterocycles. The van der Waals surface area contributed by atoms with Crippen LogP contribution in [0.1, 0.15) is 12.7 Å². The first-order valence-corrected chi connectivity index (χ1v) is 6.96. The highest BCUT2D eigenvalue weighted by molar-refractivity contribution is 9.11. The van der Waals surface area contributed by atoms with Crippen molar-refractivity contribution in [3.63, 3.8) is 0 Å². The standard InChI is InChI=1S/C11H7Br2F3N2O2/c1-2-20-10(19)18-7-4-5(12)3-6(13)8(7)17-9(18)11(14,15)16/h3-4H,2H2,1H3. The first-order chi connectivity index (χ1) is 9.25. The highest BCUT2D eigenvalue weighted by Gasteiger charge is 2.40. The van der Waals surface area contributed by atoms with Gasteiger partial charge >= 0.3 is 12.3 Å². The van der Waals surface area contributed by atoms with Gasteiger partial charge in [0.05, 0.1) is 12.1 Å². The number of imidazole rings is 1. The normalized spacial score (nSPS) is 11.9. The zero-order valence-corrected chi connectivity index (χ0v) is 13.1. The van der Waals surface area contributed by atoms with E-state index in [0.29, 0.717) is 13.5 Å². The van der Waals surface area contributed by atoms with Crippen molar-refractivity contribution in [2.24, 2.45) is 0 Å². The summed E-state index contributed by atoms with van der Waals surface area (Å²) in [5, 5.41) is 0. The molecule has 0 aliphatic rings. The van der Waals surface area contributed by atoms with Crippen LogP contribution in [-0.2, 0) is 10.9 Å². The molecule has 0 amide bonds. The van der Waals surface area contributed by atoms with Crippen LogP contribution in [0.5, 0.6) is 0 Å². The lowest BCUT2D eigenvalue weighted by Crippen LogP contribution is -2.22. The highest BCUT2D eigenvalue weighted by atomic mass is 79.9. The summed E-state index contributed by atoms with van der Waals surface area (Å²) in [5.74, 6) is -1.32. The molecule has 1 aromatic heterocycles. The Kier molecular flexibility index (Phi) is 4.10. The molecule has 1 heterocycles. The van der Waals surface area contributed by atoms with Crippen molar-refractivity contribution in [2.75, 3.05) is 6.61 Å². The smallest absolute Gasteiger partial charge is 0.449 e. The summed E-state index contributed by atoms with van der Waals surface area (Å²) in [6.45, 7) is 1.47. The van der Waals surface area contributed by atoms with Gasteiger partial charge < -0.3 is 4.74 Å². The summed E-state index contributed by atoms with van der Waals surface area (Å²) in [6, 6.07) is 2.92. The third kappa shape index (κ3) is 2.69. The van der Waals surface area contributed by atoms with Gasteiger partial charge in [0, 0.05) is 8.95 Å². The second-order valence-electron chi connectivity index (χ2n) is 3.72. The fourth-order valence-corrected chi connectivity index (χ4v) is 2.96. The van der Waals surface area contributed by atoms with Gasteiger partial charge in [0.25, 0.3) is 0 Å². The molecule has 0 atom stereocenters. The van der Waals surface area contributed by atoms with Crippen molar-refractivity contribution < 1.29 is 22.7 Å². The molecule has 0 bridgehead atoms. The number of fused-ring (bicyclic) bond motifs is 1. The van der Waals surface area contributed by atoms with Crippen molar-refractivity contribution >= 4 is 49.0 Å². The van der Waals surface area contributed by atoms with Crippen molar-refractivity contribution in [1.29, 1.82) is 0 Å². The predicted molar refractivity (Wildman–Crippen MR) is 72.6 cm³/mol. The van der Waals surface area contributed by atoms with Crippen molar-refractivity contribution in [3.8, 4) is 0 Å². The first-order valence-electron chi connectivity index (χ1n) is 5.37. The van der Waals surface area contributed by atoms with Gasteiger partial charge in [-0.3, -0.25) is 0 Å². The minimum atomic E-state index is -4.77. The first kappa shape index (κ1) is 15.3. The molecular weight excluding hydrogens is 409 g/mol. The second kappa shape index (κ2) is 5.36. The molecular formula is C11H7Br2F3N2O2. The Labute approximate surface area is 128 Å². The number of hydrogen-bond donors (Lipinski definition) is 0. The van der Waals surface area contributed by atoms with Crippen molar-refractivity contribution in [1.82, 2.24) is 9.55 Å². The molecule has 0 aliphatic heterocycles. The number of carbonyl (C=O) groups is 1. The fraction of sp³-hybridized carbons (Fsp3) is 0.273. The number of hydrogen-bond acceptors (Lipinski definition) is 3. The molecule has 2 rings (SSSR count). The zero-order chi connectivity index (χ0) is 15.1. The lowest BCUT2D eigenvalue weighted by atomic mass is 10.3. The quantitative estimate of drug-likeness (QED) is 0.684. The van der Waals surface area contributed by atoms with E-state index in [-0.39, 0.29) is 17.6 Å². The molecule has 0 radical (unpaired) electrons. The van der Waals surface area contributed by atoms with Crippen LogP contribution in [0.2, 0.25) is 0 Å². The number of nitrogens with zero attached hydrogens (tertiary/aromatic N) is 2. The van der Waals surface area contributed by atoms with Gasteiger partial charge in [-0.25, -0.2) is 14.3 Å². The van der Waals surface area contributed by atoms with Gasteiger partial charge in [-0.15, -0.1) is 0 Å². The molecule has 20 heavy (non-hydrogen) atoms. The number of benzene rings is 1. The molecule has 0 N–H and O–H groups in total. The van der Waals surface area contributed by atoms with E-state index in [2.05, 4.69) is 41.6 Å². The van der Waals surface area contributed by atoms with Crippen LogP contribution in [0, 0.1) is 0 Å². The van der Waals surface area contributed by atoms with E-state index in [1.54, 1.807) is 6.07 Å². The number of halogens is 5. The predicted octanol–water partition coefficient (Wildman–Crippen LogP) is 4.58. The Bertz CT molecular complexity index is 682. The molecule has 0 aliphatic carbocycles. The van der Waals surface area contributed by atoms with Gasteiger partial charge in [0.2, 0.25) is 5.82 Å². The number of ether oxygens (including phenoxy) is 1. The molecule has 0 saturated carbocycles. The van der Waals surface area contributed by atoms with E-state index < -0.39 is 18.1 Å². The Morgan fingerprint density at radius 1 is 1.40 bits per heavy atom. The summed E-state index contributed by atoms with van der Waals surface area (Å²) in [5.41, 5.74) is 0.0469. The molecule has 108 valence electrons. The van der Waals surface area contributed by atoms with Crippen molar-refractivity contribution in [3.05, 3.63) is 26.9 Å². The van der Waals surface area contributed by atoms with E-state index >= 15 is 0 Å². The summed E-state index contributed by atoms with van der Waals surface area (Å²) in [7, 11) is 0. The van der Waals surface area contributed by atoms with Gasteiger partial charge in [-0.1, -0.05) is 15.9 Å². The maximum absolute atomic E-state index is 13.0. The third-order valence-corrected chi connectivity index (χ3v) is 3.44. The molecule has 1 aromatic carbocycles. The summed E-state index contributed by atoms with van der Waals surface area (Å²) < 4.78 is 44.9. The minimum absolute atomic E-state index is 0.0111. The van der Waals surface area contributed by atoms with Crippen LogP contribution in [0.3, 0.4) is 0 Å². The summed E-state index contributed by atoms with van der Waals surface area (Å²) in [6.07, 6.45) is -5.88. The number of alkyl halides is 3. The topological polar surface area (TPSA) is 44.1 Å². The average Bonchev–Trinajstić information content (AvgIpc) is 2.68. The molecule has 0 unspecified atom stereocenters. The lowest BCUT2D eigenvalue weighted by molar-refractivity contribution is -0.146. The maximum atomic E-state index is 13.0. The number of rotatable bonds is 1. The summed E-state index contributed by atoms with van der Waals surface area (Å²) in [4.78, 5) is 15.3. The van der Waals surface area contributed by atoms with E-state index in [9.17, 15) is 18.0 Å². The van der Waals surface area contributed by atoms with Crippen molar-refractivity contribution in [2.45, 2.75) is 13.1 Å². The molecule has 2 aromatic rings. The largest absolute Gasteiger partial charge is 0.450 e. The van der Waals surface area contributed by atoms with Crippen LogP contribution < -0.4 is 0 Å². The maximum Gasteiger partial charge on any atom is 0.450 e. The minimum Gasteiger partial charge on any atom is -0.449 e. The lowest BCUT2D eigenvalue weighted by Gasteiger charge is -2.09. The fourth-order valence-electron chi connectivity index (χ4n) is 1.67. The van der Waals surface area contributed by atoms with Gasteiger partial charge in [-0.2, -0.15) is 13.2 Å². The van der Waals surface area contributed by atoms with E-state index in [0.717, 1.165) is 0 Å². The van der Waals surface area contributed by atoms with Crippen LogP contribution in [0.25, 0.3) is 11.0 Å². The van der Waals surface area contributed by atoms with Crippen LogP contribution in [0.15, 0.2) is 21.1 Å². The zero-order valence-electron chi connectivity index (χ0n) is 9.96. The Morgan fingerprint density at radius 2 is 2.05 bits per heavy atom. The van der Waals surface area contributed by atoms with Gasteiger partial charge in [0.1, 0.15) is 5.52 Å². The molecule has 9 heteroatoms. The van der Waals surface area contributed by atoms with Crippen LogP contribution in [-0.4, -0.2) is 22.3 Å². The molecule has 4 nitrogen and oxygen atoms in total. The second-order valence-corrected chi connectivity index (χ2v) is 5.49. The summed E-state index contributed by atoms with van der Waals surface area (Å²) >= 11 is 6.29.